The van der Waals surface area contributed by atoms with E-state index >= 15 is 0 Å². The standard InChI is InChI=1S/C12H15N5O/c1-8(13)4-9-5-10(7-15-6-9)17-3-2-11(16-17)12(14)18/h2-3,5-8H,4,13H2,1H3,(H2,14,18). The summed E-state index contributed by atoms with van der Waals surface area (Å²) < 4.78 is 1.57. The first-order valence-electron chi connectivity index (χ1n) is 5.61. The highest BCUT2D eigenvalue weighted by Gasteiger charge is 2.07. The summed E-state index contributed by atoms with van der Waals surface area (Å²) >= 11 is 0. The van der Waals surface area contributed by atoms with Crippen molar-refractivity contribution in [2.45, 2.75) is 19.4 Å². The second-order valence-electron chi connectivity index (χ2n) is 4.24. The molecule has 0 saturated carbocycles. The van der Waals surface area contributed by atoms with E-state index in [1.165, 1.54) is 0 Å². The molecule has 6 nitrogen and oxygen atoms in total. The topological polar surface area (TPSA) is 99.8 Å². The zero-order valence-corrected chi connectivity index (χ0v) is 10.1. The van der Waals surface area contributed by atoms with Crippen molar-refractivity contribution < 1.29 is 4.79 Å². The Kier molecular flexibility index (Phi) is 3.38. The van der Waals surface area contributed by atoms with E-state index < -0.39 is 5.91 Å². The number of nitrogens with two attached hydrogens (primary N) is 2. The number of pyridine rings is 1. The lowest BCUT2D eigenvalue weighted by atomic mass is 10.1. The van der Waals surface area contributed by atoms with Gasteiger partial charge in [-0.05, 0) is 31.0 Å². The lowest BCUT2D eigenvalue weighted by molar-refractivity contribution is 0.0995. The molecule has 1 amide bonds. The second-order valence-corrected chi connectivity index (χ2v) is 4.24. The molecular weight excluding hydrogens is 230 g/mol. The summed E-state index contributed by atoms with van der Waals surface area (Å²) in [5.74, 6) is -0.548. The molecule has 18 heavy (non-hydrogen) atoms. The monoisotopic (exact) mass is 245 g/mol. The molecule has 0 aliphatic heterocycles. The molecule has 94 valence electrons. The summed E-state index contributed by atoms with van der Waals surface area (Å²) in [4.78, 5) is 15.1. The Morgan fingerprint density at radius 2 is 2.28 bits per heavy atom. The van der Waals surface area contributed by atoms with Gasteiger partial charge in [0.15, 0.2) is 0 Å². The number of nitrogens with zero attached hydrogens (tertiary/aromatic N) is 3. The van der Waals surface area contributed by atoms with Crippen LogP contribution in [-0.2, 0) is 6.42 Å². The van der Waals surface area contributed by atoms with Crippen LogP contribution in [0.5, 0.6) is 0 Å². The van der Waals surface area contributed by atoms with E-state index in [1.54, 1.807) is 29.3 Å². The molecule has 0 spiro atoms. The fourth-order valence-corrected chi connectivity index (χ4v) is 1.68. The van der Waals surface area contributed by atoms with Crippen molar-refractivity contribution in [2.24, 2.45) is 11.5 Å². The minimum Gasteiger partial charge on any atom is -0.364 e. The summed E-state index contributed by atoms with van der Waals surface area (Å²) in [5, 5.41) is 4.07. The van der Waals surface area contributed by atoms with Crippen molar-refractivity contribution in [3.8, 4) is 5.69 Å². The number of aromatic nitrogens is 3. The van der Waals surface area contributed by atoms with Crippen molar-refractivity contribution in [1.82, 2.24) is 14.8 Å². The molecule has 1 atom stereocenters. The number of rotatable bonds is 4. The Balaban J connectivity index is 2.29. The molecule has 2 aromatic rings. The minimum atomic E-state index is -0.548. The maximum Gasteiger partial charge on any atom is 0.269 e. The molecule has 6 heteroatoms. The molecule has 0 aliphatic carbocycles. The number of carbonyl (C=O) groups excluding carboxylic acids is 1. The first-order valence-corrected chi connectivity index (χ1v) is 5.61. The Bertz CT molecular complexity index is 561. The lowest BCUT2D eigenvalue weighted by Crippen LogP contribution is -2.18. The third kappa shape index (κ3) is 2.72. The SMILES string of the molecule is CC(N)Cc1cncc(-n2ccc(C(N)=O)n2)c1. The molecule has 2 aromatic heterocycles. The van der Waals surface area contributed by atoms with Crippen molar-refractivity contribution in [3.63, 3.8) is 0 Å². The molecule has 0 aliphatic rings. The van der Waals surface area contributed by atoms with E-state index in [4.69, 9.17) is 11.5 Å². The molecule has 0 aromatic carbocycles. The Labute approximate surface area is 105 Å². The predicted molar refractivity (Wildman–Crippen MR) is 67.2 cm³/mol. The van der Waals surface area contributed by atoms with E-state index in [9.17, 15) is 4.79 Å². The summed E-state index contributed by atoms with van der Waals surface area (Å²) in [7, 11) is 0. The quantitative estimate of drug-likeness (QED) is 0.806. The van der Waals surface area contributed by atoms with Crippen LogP contribution < -0.4 is 11.5 Å². The van der Waals surface area contributed by atoms with Crippen molar-refractivity contribution in [1.29, 1.82) is 0 Å². The van der Waals surface area contributed by atoms with Crippen LogP contribution in [-0.4, -0.2) is 26.7 Å². The van der Waals surface area contributed by atoms with Crippen LogP contribution in [0, 0.1) is 0 Å². The van der Waals surface area contributed by atoms with Crippen LogP contribution in [0.1, 0.15) is 23.0 Å². The molecule has 4 N–H and O–H groups in total. The van der Waals surface area contributed by atoms with Crippen molar-refractivity contribution >= 4 is 5.91 Å². The average Bonchev–Trinajstić information content (AvgIpc) is 2.77. The van der Waals surface area contributed by atoms with Crippen LogP contribution in [0.3, 0.4) is 0 Å². The fourth-order valence-electron chi connectivity index (χ4n) is 1.68. The Hall–Kier alpha value is -2.21. The van der Waals surface area contributed by atoms with Gasteiger partial charge < -0.3 is 11.5 Å². The first kappa shape index (κ1) is 12.3. The van der Waals surface area contributed by atoms with Gasteiger partial charge in [0.25, 0.3) is 5.91 Å². The summed E-state index contributed by atoms with van der Waals surface area (Å²) in [6.07, 6.45) is 5.85. The number of primary amides is 1. The van der Waals surface area contributed by atoms with Gasteiger partial charge in [0.05, 0.1) is 11.9 Å². The van der Waals surface area contributed by atoms with E-state index in [2.05, 4.69) is 10.1 Å². The first-order chi connectivity index (χ1) is 8.56. The predicted octanol–water partition coefficient (Wildman–Crippen LogP) is 0.256. The van der Waals surface area contributed by atoms with E-state index in [-0.39, 0.29) is 11.7 Å². The van der Waals surface area contributed by atoms with E-state index in [0.29, 0.717) is 0 Å². The fraction of sp³-hybridized carbons (Fsp3) is 0.250. The Morgan fingerprint density at radius 3 is 2.89 bits per heavy atom. The maximum absolute atomic E-state index is 11.0. The van der Waals surface area contributed by atoms with Gasteiger partial charge in [-0.3, -0.25) is 9.78 Å². The molecule has 0 radical (unpaired) electrons. The molecular formula is C12H15N5O. The smallest absolute Gasteiger partial charge is 0.269 e. The third-order valence-electron chi connectivity index (χ3n) is 2.44. The van der Waals surface area contributed by atoms with Gasteiger partial charge in [-0.2, -0.15) is 5.10 Å². The van der Waals surface area contributed by atoms with Gasteiger partial charge in [0.1, 0.15) is 5.69 Å². The highest BCUT2D eigenvalue weighted by atomic mass is 16.1. The average molecular weight is 245 g/mol. The van der Waals surface area contributed by atoms with Crippen molar-refractivity contribution in [3.05, 3.63) is 42.0 Å². The van der Waals surface area contributed by atoms with Crippen LogP contribution in [0.2, 0.25) is 0 Å². The minimum absolute atomic E-state index is 0.0702. The number of carbonyl (C=O) groups is 1. The largest absolute Gasteiger partial charge is 0.364 e. The molecule has 1 unspecified atom stereocenters. The lowest BCUT2D eigenvalue weighted by Gasteiger charge is -2.06. The van der Waals surface area contributed by atoms with Crippen LogP contribution in [0.15, 0.2) is 30.7 Å². The van der Waals surface area contributed by atoms with Crippen molar-refractivity contribution in [2.75, 3.05) is 0 Å². The zero-order valence-electron chi connectivity index (χ0n) is 10.1. The van der Waals surface area contributed by atoms with Gasteiger partial charge in [-0.25, -0.2) is 4.68 Å². The van der Waals surface area contributed by atoms with E-state index in [1.807, 2.05) is 13.0 Å². The van der Waals surface area contributed by atoms with Gasteiger partial charge in [-0.1, -0.05) is 0 Å². The van der Waals surface area contributed by atoms with Crippen LogP contribution >= 0.6 is 0 Å². The molecule has 0 saturated heterocycles. The number of hydrogen-bond acceptors (Lipinski definition) is 4. The highest BCUT2D eigenvalue weighted by Crippen LogP contribution is 2.10. The summed E-state index contributed by atoms with van der Waals surface area (Å²) in [6.45, 7) is 1.94. The summed E-state index contributed by atoms with van der Waals surface area (Å²) in [5.41, 5.74) is 12.9. The third-order valence-corrected chi connectivity index (χ3v) is 2.44. The number of hydrogen-bond donors (Lipinski definition) is 2. The highest BCUT2D eigenvalue weighted by molar-refractivity contribution is 5.90. The zero-order chi connectivity index (χ0) is 13.1. The van der Waals surface area contributed by atoms with Gasteiger partial charge in [-0.15, -0.1) is 0 Å². The number of amides is 1. The van der Waals surface area contributed by atoms with Crippen LogP contribution in [0.25, 0.3) is 5.69 Å². The summed E-state index contributed by atoms with van der Waals surface area (Å²) in [6, 6.07) is 3.58. The normalized spacial score (nSPS) is 12.3. The van der Waals surface area contributed by atoms with Crippen LogP contribution in [0.4, 0.5) is 0 Å². The molecule has 2 rings (SSSR count). The maximum atomic E-state index is 11.0. The van der Waals surface area contributed by atoms with Gasteiger partial charge in [0.2, 0.25) is 0 Å². The molecule has 0 fully saturated rings. The van der Waals surface area contributed by atoms with Gasteiger partial charge in [0, 0.05) is 18.4 Å². The Morgan fingerprint density at radius 1 is 1.50 bits per heavy atom. The molecule has 2 heterocycles. The molecule has 0 bridgehead atoms. The van der Waals surface area contributed by atoms with Gasteiger partial charge >= 0.3 is 0 Å². The second kappa shape index (κ2) is 4.97. The van der Waals surface area contributed by atoms with E-state index in [0.717, 1.165) is 17.7 Å².